The predicted octanol–water partition coefficient (Wildman–Crippen LogP) is 2.00. The minimum absolute atomic E-state index is 0.167. The number of benzene rings is 1. The molecule has 21 heavy (non-hydrogen) atoms. The van der Waals surface area contributed by atoms with Crippen LogP contribution in [0.2, 0.25) is 0 Å². The molecule has 0 aliphatic carbocycles. The van der Waals surface area contributed by atoms with E-state index in [-0.39, 0.29) is 4.90 Å². The zero-order chi connectivity index (χ0) is 16.0. The number of halogens is 1. The highest BCUT2D eigenvalue weighted by molar-refractivity contribution is 7.89. The Bertz CT molecular complexity index is 610. The van der Waals surface area contributed by atoms with Crippen LogP contribution in [0.3, 0.4) is 0 Å². The molecule has 0 fully saturated rings. The lowest BCUT2D eigenvalue weighted by Gasteiger charge is -2.17. The van der Waals surface area contributed by atoms with Gasteiger partial charge in [0.1, 0.15) is 0 Å². The summed E-state index contributed by atoms with van der Waals surface area (Å²) in [6.45, 7) is 3.49. The molecule has 0 heterocycles. The van der Waals surface area contributed by atoms with E-state index in [4.69, 9.17) is 11.6 Å². The van der Waals surface area contributed by atoms with Crippen LogP contribution in [0, 0.1) is 6.92 Å². The van der Waals surface area contributed by atoms with Gasteiger partial charge in [-0.05, 0) is 26.0 Å². The normalized spacial score (nSPS) is 14.9. The molecule has 5 nitrogen and oxygen atoms in total. The molecule has 0 bridgehead atoms. The molecular formula is C14H18ClNO4S. The van der Waals surface area contributed by atoms with E-state index in [2.05, 4.69) is 9.46 Å². The van der Waals surface area contributed by atoms with Gasteiger partial charge >= 0.3 is 5.97 Å². The lowest BCUT2D eigenvalue weighted by Crippen LogP contribution is -2.38. The van der Waals surface area contributed by atoms with Gasteiger partial charge in [0.05, 0.1) is 17.4 Å². The molecule has 0 spiro atoms. The standard InChI is InChI=1S/C14H18ClNO4S/c1-10-4-6-12(7-5-10)21(18,19)16-11(2)13(15)8-9-14(17)20-3/h4-9,11,13,16H,1-3H3. The maximum atomic E-state index is 12.2. The molecule has 116 valence electrons. The monoisotopic (exact) mass is 331 g/mol. The molecule has 0 aromatic heterocycles. The first-order valence-corrected chi connectivity index (χ1v) is 8.17. The number of rotatable bonds is 6. The third-order valence-corrected chi connectivity index (χ3v) is 4.87. The van der Waals surface area contributed by atoms with Crippen molar-refractivity contribution in [1.82, 2.24) is 4.72 Å². The van der Waals surface area contributed by atoms with Gasteiger partial charge in [0.2, 0.25) is 10.0 Å². The van der Waals surface area contributed by atoms with Crippen molar-refractivity contribution in [3.8, 4) is 0 Å². The maximum Gasteiger partial charge on any atom is 0.330 e. The van der Waals surface area contributed by atoms with E-state index >= 15 is 0 Å². The van der Waals surface area contributed by atoms with Crippen LogP contribution >= 0.6 is 11.6 Å². The van der Waals surface area contributed by atoms with Crippen LogP contribution < -0.4 is 4.72 Å². The Morgan fingerprint density at radius 2 is 1.90 bits per heavy atom. The zero-order valence-electron chi connectivity index (χ0n) is 12.0. The number of carbonyl (C=O) groups is 1. The molecule has 0 radical (unpaired) electrons. The highest BCUT2D eigenvalue weighted by Crippen LogP contribution is 2.13. The van der Waals surface area contributed by atoms with E-state index in [0.717, 1.165) is 11.6 Å². The molecule has 0 saturated carbocycles. The minimum atomic E-state index is -3.65. The second kappa shape index (κ2) is 7.59. The number of aryl methyl sites for hydroxylation is 1. The first-order chi connectivity index (χ1) is 9.76. The van der Waals surface area contributed by atoms with Crippen molar-refractivity contribution in [1.29, 1.82) is 0 Å². The van der Waals surface area contributed by atoms with Crippen LogP contribution in [0.4, 0.5) is 0 Å². The van der Waals surface area contributed by atoms with E-state index in [1.54, 1.807) is 19.1 Å². The average molecular weight is 332 g/mol. The summed E-state index contributed by atoms with van der Waals surface area (Å²) in [6, 6.07) is 5.90. The summed E-state index contributed by atoms with van der Waals surface area (Å²) in [4.78, 5) is 11.1. The molecule has 0 aliphatic heterocycles. The summed E-state index contributed by atoms with van der Waals surface area (Å²) >= 11 is 6.03. The number of nitrogens with one attached hydrogen (secondary N) is 1. The van der Waals surface area contributed by atoms with Crippen LogP contribution in [0.25, 0.3) is 0 Å². The third kappa shape index (κ3) is 5.49. The third-order valence-electron chi connectivity index (χ3n) is 2.77. The molecular weight excluding hydrogens is 314 g/mol. The van der Waals surface area contributed by atoms with Crippen LogP contribution in [-0.2, 0) is 19.6 Å². The molecule has 7 heteroatoms. The van der Waals surface area contributed by atoms with E-state index in [1.807, 2.05) is 6.92 Å². The van der Waals surface area contributed by atoms with Gasteiger partial charge in [-0.15, -0.1) is 11.6 Å². The number of methoxy groups -OCH3 is 1. The second-order valence-corrected chi connectivity index (χ2v) is 6.77. The minimum Gasteiger partial charge on any atom is -0.466 e. The molecule has 1 aromatic carbocycles. The highest BCUT2D eigenvalue weighted by Gasteiger charge is 2.21. The van der Waals surface area contributed by atoms with Crippen molar-refractivity contribution in [2.24, 2.45) is 0 Å². The Morgan fingerprint density at radius 3 is 2.43 bits per heavy atom. The van der Waals surface area contributed by atoms with Crippen molar-refractivity contribution in [2.45, 2.75) is 30.2 Å². The molecule has 1 aromatic rings. The summed E-state index contributed by atoms with van der Waals surface area (Å²) in [5.74, 6) is -0.547. The quantitative estimate of drug-likeness (QED) is 0.491. The maximum absolute atomic E-state index is 12.2. The summed E-state index contributed by atoms with van der Waals surface area (Å²) in [6.07, 6.45) is 2.55. The Balaban J connectivity index is 2.76. The number of ether oxygens (including phenoxy) is 1. The lowest BCUT2D eigenvalue weighted by molar-refractivity contribution is -0.134. The first kappa shape index (κ1) is 17.7. The molecule has 1 N–H and O–H groups in total. The smallest absolute Gasteiger partial charge is 0.330 e. The lowest BCUT2D eigenvalue weighted by atomic mass is 10.2. The van der Waals surface area contributed by atoms with Crippen LogP contribution in [-0.4, -0.2) is 32.9 Å². The topological polar surface area (TPSA) is 72.5 Å². The van der Waals surface area contributed by atoms with Gasteiger partial charge in [0.25, 0.3) is 0 Å². The Labute approximate surface area is 130 Å². The van der Waals surface area contributed by atoms with E-state index in [1.165, 1.54) is 25.3 Å². The van der Waals surface area contributed by atoms with Crippen molar-refractivity contribution < 1.29 is 17.9 Å². The summed E-state index contributed by atoms with van der Waals surface area (Å²) < 4.78 is 31.2. The Kier molecular flexibility index (Phi) is 6.39. The fraction of sp³-hybridized carbons (Fsp3) is 0.357. The molecule has 0 saturated heterocycles. The number of hydrogen-bond acceptors (Lipinski definition) is 4. The summed E-state index contributed by atoms with van der Waals surface area (Å²) in [7, 11) is -2.40. The SMILES string of the molecule is COC(=O)C=CC(Cl)C(C)NS(=O)(=O)c1ccc(C)cc1. The van der Waals surface area contributed by atoms with Gasteiger partial charge in [-0.25, -0.2) is 17.9 Å². The van der Waals surface area contributed by atoms with Crippen molar-refractivity contribution in [2.75, 3.05) is 7.11 Å². The number of esters is 1. The Hall–Kier alpha value is -1.37. The summed E-state index contributed by atoms with van der Waals surface area (Å²) in [5, 5.41) is -0.677. The zero-order valence-corrected chi connectivity index (χ0v) is 13.6. The fourth-order valence-corrected chi connectivity index (χ4v) is 2.98. The van der Waals surface area contributed by atoms with E-state index < -0.39 is 27.4 Å². The van der Waals surface area contributed by atoms with Gasteiger partial charge < -0.3 is 4.74 Å². The number of alkyl halides is 1. The van der Waals surface area contributed by atoms with Crippen LogP contribution in [0.15, 0.2) is 41.3 Å². The predicted molar refractivity (Wildman–Crippen MR) is 81.8 cm³/mol. The molecule has 0 amide bonds. The molecule has 2 unspecified atom stereocenters. The van der Waals surface area contributed by atoms with Gasteiger partial charge in [-0.3, -0.25) is 0 Å². The van der Waals surface area contributed by atoms with Gasteiger partial charge in [-0.1, -0.05) is 23.8 Å². The van der Waals surface area contributed by atoms with Crippen molar-refractivity contribution in [3.63, 3.8) is 0 Å². The summed E-state index contributed by atoms with van der Waals surface area (Å²) in [5.41, 5.74) is 0.971. The Morgan fingerprint density at radius 1 is 1.33 bits per heavy atom. The highest BCUT2D eigenvalue weighted by atomic mass is 35.5. The first-order valence-electron chi connectivity index (χ1n) is 6.25. The van der Waals surface area contributed by atoms with Crippen molar-refractivity contribution in [3.05, 3.63) is 42.0 Å². The van der Waals surface area contributed by atoms with Gasteiger partial charge in [0.15, 0.2) is 0 Å². The number of carbonyl (C=O) groups excluding carboxylic acids is 1. The fourth-order valence-electron chi connectivity index (χ4n) is 1.50. The largest absolute Gasteiger partial charge is 0.466 e. The van der Waals surface area contributed by atoms with Crippen LogP contribution in [0.5, 0.6) is 0 Å². The van der Waals surface area contributed by atoms with Gasteiger partial charge in [-0.2, -0.15) is 0 Å². The molecule has 0 aliphatic rings. The molecule has 2 atom stereocenters. The van der Waals surface area contributed by atoms with Crippen molar-refractivity contribution >= 4 is 27.6 Å². The van der Waals surface area contributed by atoms with E-state index in [0.29, 0.717) is 0 Å². The molecule has 1 rings (SSSR count). The van der Waals surface area contributed by atoms with Gasteiger partial charge in [0, 0.05) is 12.1 Å². The number of sulfonamides is 1. The number of hydrogen-bond donors (Lipinski definition) is 1. The van der Waals surface area contributed by atoms with Crippen LogP contribution in [0.1, 0.15) is 12.5 Å². The average Bonchev–Trinajstić information content (AvgIpc) is 2.44. The van der Waals surface area contributed by atoms with E-state index in [9.17, 15) is 13.2 Å². The second-order valence-electron chi connectivity index (χ2n) is 4.55.